The van der Waals surface area contributed by atoms with Gasteiger partial charge < -0.3 is 10.0 Å². The largest absolute Gasteiger partial charge is 0.481 e. The van der Waals surface area contributed by atoms with E-state index in [1.165, 1.54) is 6.33 Å². The van der Waals surface area contributed by atoms with Crippen LogP contribution < -0.4 is 4.90 Å². The summed E-state index contributed by atoms with van der Waals surface area (Å²) >= 11 is 0. The molecular formula is C13H19N3O2. The van der Waals surface area contributed by atoms with Crippen LogP contribution in [0.25, 0.3) is 0 Å². The third kappa shape index (κ3) is 2.30. The van der Waals surface area contributed by atoms with E-state index in [2.05, 4.69) is 14.9 Å². The van der Waals surface area contributed by atoms with E-state index in [-0.39, 0.29) is 0 Å². The minimum atomic E-state index is -0.694. The van der Waals surface area contributed by atoms with Crippen LogP contribution in [0.3, 0.4) is 0 Å². The van der Waals surface area contributed by atoms with Gasteiger partial charge in [0, 0.05) is 24.8 Å². The fourth-order valence-corrected chi connectivity index (χ4v) is 2.56. The molecule has 98 valence electrons. The molecule has 0 amide bonds. The van der Waals surface area contributed by atoms with Crippen molar-refractivity contribution in [2.45, 2.75) is 33.1 Å². The number of anilines is 1. The number of aryl methyl sites for hydroxylation is 1. The van der Waals surface area contributed by atoms with Gasteiger partial charge >= 0.3 is 5.97 Å². The van der Waals surface area contributed by atoms with Gasteiger partial charge in [0.05, 0.1) is 5.41 Å². The summed E-state index contributed by atoms with van der Waals surface area (Å²) < 4.78 is 0. The third-order valence-corrected chi connectivity index (χ3v) is 3.82. The zero-order valence-corrected chi connectivity index (χ0v) is 10.9. The van der Waals surface area contributed by atoms with E-state index in [1.807, 2.05) is 19.9 Å². The molecule has 2 heterocycles. The average Bonchev–Trinajstić information content (AvgIpc) is 2.38. The van der Waals surface area contributed by atoms with Gasteiger partial charge in [0.2, 0.25) is 0 Å². The molecule has 5 nitrogen and oxygen atoms in total. The Balaban J connectivity index is 2.23. The molecule has 1 N–H and O–H groups in total. The van der Waals surface area contributed by atoms with Gasteiger partial charge in [-0.15, -0.1) is 0 Å². The molecule has 1 aliphatic heterocycles. The van der Waals surface area contributed by atoms with E-state index in [9.17, 15) is 9.90 Å². The summed E-state index contributed by atoms with van der Waals surface area (Å²) in [5.74, 6) is 0.141. The number of hydrogen-bond acceptors (Lipinski definition) is 4. The van der Waals surface area contributed by atoms with E-state index >= 15 is 0 Å². The van der Waals surface area contributed by atoms with Crippen LogP contribution in [0, 0.1) is 12.3 Å². The molecule has 2 rings (SSSR count). The van der Waals surface area contributed by atoms with Crippen LogP contribution in [0.5, 0.6) is 0 Å². The Labute approximate surface area is 107 Å². The van der Waals surface area contributed by atoms with Gasteiger partial charge in [0.15, 0.2) is 0 Å². The van der Waals surface area contributed by atoms with E-state index in [0.717, 1.165) is 30.9 Å². The van der Waals surface area contributed by atoms with Crippen molar-refractivity contribution < 1.29 is 9.90 Å². The van der Waals surface area contributed by atoms with Crippen LogP contribution >= 0.6 is 0 Å². The van der Waals surface area contributed by atoms with Crippen molar-refractivity contribution in [2.24, 2.45) is 5.41 Å². The molecule has 1 unspecified atom stereocenters. The van der Waals surface area contributed by atoms with Gasteiger partial charge in [-0.25, -0.2) is 9.97 Å². The first-order chi connectivity index (χ1) is 8.57. The number of aromatic nitrogens is 2. The van der Waals surface area contributed by atoms with Crippen LogP contribution in [0.1, 0.15) is 31.9 Å². The Kier molecular flexibility index (Phi) is 3.50. The second-order valence-electron chi connectivity index (χ2n) is 4.98. The molecule has 1 atom stereocenters. The molecule has 1 aromatic heterocycles. The molecule has 5 heteroatoms. The summed E-state index contributed by atoms with van der Waals surface area (Å²) in [5, 5.41) is 9.45. The van der Waals surface area contributed by atoms with Gasteiger partial charge in [-0.3, -0.25) is 4.79 Å². The molecule has 1 aromatic rings. The van der Waals surface area contributed by atoms with E-state index in [4.69, 9.17) is 0 Å². The van der Waals surface area contributed by atoms with E-state index in [1.54, 1.807) is 0 Å². The Morgan fingerprint density at radius 3 is 2.94 bits per heavy atom. The monoisotopic (exact) mass is 249 g/mol. The molecule has 0 bridgehead atoms. The first-order valence-corrected chi connectivity index (χ1v) is 6.34. The first kappa shape index (κ1) is 12.8. The zero-order valence-electron chi connectivity index (χ0n) is 10.9. The highest BCUT2D eigenvalue weighted by atomic mass is 16.4. The van der Waals surface area contributed by atoms with Gasteiger partial charge in [-0.2, -0.15) is 0 Å². The lowest BCUT2D eigenvalue weighted by molar-refractivity contribution is -0.149. The Morgan fingerprint density at radius 2 is 2.33 bits per heavy atom. The lowest BCUT2D eigenvalue weighted by Gasteiger charge is -2.40. The smallest absolute Gasteiger partial charge is 0.311 e. The molecule has 0 spiro atoms. The summed E-state index contributed by atoms with van der Waals surface area (Å²) in [6, 6.07) is 1.91. The van der Waals surface area contributed by atoms with E-state index < -0.39 is 11.4 Å². The third-order valence-electron chi connectivity index (χ3n) is 3.82. The van der Waals surface area contributed by atoms with Crippen molar-refractivity contribution in [1.82, 2.24) is 9.97 Å². The molecule has 0 aromatic carbocycles. The first-order valence-electron chi connectivity index (χ1n) is 6.34. The minimum Gasteiger partial charge on any atom is -0.481 e. The van der Waals surface area contributed by atoms with Gasteiger partial charge in [0.25, 0.3) is 0 Å². The van der Waals surface area contributed by atoms with Crippen molar-refractivity contribution in [3.8, 4) is 0 Å². The quantitative estimate of drug-likeness (QED) is 0.885. The lowest BCUT2D eigenvalue weighted by Crippen LogP contribution is -2.47. The van der Waals surface area contributed by atoms with Crippen LogP contribution in [0.15, 0.2) is 12.4 Å². The molecule has 0 radical (unpaired) electrons. The number of piperidine rings is 1. The molecular weight excluding hydrogens is 230 g/mol. The summed E-state index contributed by atoms with van der Waals surface area (Å²) in [4.78, 5) is 21.9. The number of aliphatic carboxylic acids is 1. The number of nitrogens with zero attached hydrogens (tertiary/aromatic N) is 3. The standard InChI is InChI=1S/C13H19N3O2/c1-3-13(12(17)18)5-4-6-16(8-13)11-7-10(2)14-9-15-11/h7,9H,3-6,8H2,1-2H3,(H,17,18). The van der Waals surface area contributed by atoms with Gasteiger partial charge in [0.1, 0.15) is 12.1 Å². The molecule has 1 aliphatic rings. The molecule has 0 saturated carbocycles. The highest BCUT2D eigenvalue weighted by Crippen LogP contribution is 2.35. The van der Waals surface area contributed by atoms with Crippen LogP contribution in [0.4, 0.5) is 5.82 Å². The summed E-state index contributed by atoms with van der Waals surface area (Å²) in [7, 11) is 0. The summed E-state index contributed by atoms with van der Waals surface area (Å²) in [6.45, 7) is 5.27. The Bertz CT molecular complexity index is 450. The second kappa shape index (κ2) is 4.92. The molecule has 0 aliphatic carbocycles. The van der Waals surface area contributed by atoms with Crippen LogP contribution in [-0.4, -0.2) is 34.1 Å². The van der Waals surface area contributed by atoms with Gasteiger partial charge in [-0.05, 0) is 26.2 Å². The Hall–Kier alpha value is -1.65. The SMILES string of the molecule is CCC1(C(=O)O)CCCN(c2cc(C)ncn2)C1. The summed E-state index contributed by atoms with van der Waals surface area (Å²) in [5.41, 5.74) is 0.278. The van der Waals surface area contributed by atoms with Crippen molar-refractivity contribution in [1.29, 1.82) is 0 Å². The minimum absolute atomic E-state index is 0.537. The molecule has 18 heavy (non-hydrogen) atoms. The van der Waals surface area contributed by atoms with Crippen molar-refractivity contribution >= 4 is 11.8 Å². The highest BCUT2D eigenvalue weighted by molar-refractivity contribution is 5.76. The molecule has 1 saturated heterocycles. The number of carboxylic acid groups (broad SMARTS) is 1. The second-order valence-corrected chi connectivity index (χ2v) is 4.98. The fourth-order valence-electron chi connectivity index (χ4n) is 2.56. The number of carbonyl (C=O) groups is 1. The number of carboxylic acids is 1. The lowest BCUT2D eigenvalue weighted by atomic mass is 9.77. The normalized spacial score (nSPS) is 24.0. The van der Waals surface area contributed by atoms with Crippen molar-refractivity contribution in [3.05, 3.63) is 18.1 Å². The number of rotatable bonds is 3. The van der Waals surface area contributed by atoms with Gasteiger partial charge in [-0.1, -0.05) is 6.92 Å². The maximum atomic E-state index is 11.5. The maximum absolute atomic E-state index is 11.5. The van der Waals surface area contributed by atoms with Crippen LogP contribution in [-0.2, 0) is 4.79 Å². The summed E-state index contributed by atoms with van der Waals surface area (Å²) in [6.07, 6.45) is 3.83. The zero-order chi connectivity index (χ0) is 13.2. The van der Waals surface area contributed by atoms with Crippen molar-refractivity contribution in [3.63, 3.8) is 0 Å². The van der Waals surface area contributed by atoms with Crippen LogP contribution in [0.2, 0.25) is 0 Å². The maximum Gasteiger partial charge on any atom is 0.311 e. The van der Waals surface area contributed by atoms with E-state index in [0.29, 0.717) is 13.0 Å². The fraction of sp³-hybridized carbons (Fsp3) is 0.615. The topological polar surface area (TPSA) is 66.3 Å². The Morgan fingerprint density at radius 1 is 1.56 bits per heavy atom. The average molecular weight is 249 g/mol. The predicted octanol–water partition coefficient (Wildman–Crippen LogP) is 1.87. The predicted molar refractivity (Wildman–Crippen MR) is 68.6 cm³/mol. The highest BCUT2D eigenvalue weighted by Gasteiger charge is 2.41. The molecule has 1 fully saturated rings. The van der Waals surface area contributed by atoms with Crippen molar-refractivity contribution in [2.75, 3.05) is 18.0 Å². The number of hydrogen-bond donors (Lipinski definition) is 1.